The van der Waals surface area contributed by atoms with Crippen LogP contribution in [0.5, 0.6) is 5.75 Å². The summed E-state index contributed by atoms with van der Waals surface area (Å²) in [5, 5.41) is 20.1. The molecule has 0 aliphatic heterocycles. The van der Waals surface area contributed by atoms with Crippen LogP contribution in [0.15, 0.2) is 36.4 Å². The predicted molar refractivity (Wildman–Crippen MR) is 101 cm³/mol. The average Bonchev–Trinajstić information content (AvgIpc) is 2.92. The highest BCUT2D eigenvalue weighted by Gasteiger charge is 2.22. The van der Waals surface area contributed by atoms with Crippen molar-refractivity contribution in [1.82, 2.24) is 15.1 Å². The number of benzene rings is 2. The minimum Gasteiger partial charge on any atom is -0.496 e. The van der Waals surface area contributed by atoms with Gasteiger partial charge in [0.15, 0.2) is 0 Å². The number of nitrogens with one attached hydrogen (secondary N) is 1. The molecule has 1 heterocycles. The molecule has 0 atom stereocenters. The SMILES string of the molecule is COc1ccc2ccccc2c1CNC(=O)Cn1nc(C)c([N+](=O)[O-])c1C. The highest BCUT2D eigenvalue weighted by Crippen LogP contribution is 2.28. The number of rotatable bonds is 6. The molecule has 0 aliphatic rings. The molecule has 1 amide bonds. The fourth-order valence-corrected chi connectivity index (χ4v) is 3.17. The zero-order valence-electron chi connectivity index (χ0n) is 15.4. The number of methoxy groups -OCH3 is 1. The molecule has 3 rings (SSSR count). The minimum absolute atomic E-state index is 0.0569. The maximum Gasteiger partial charge on any atom is 0.312 e. The number of nitrogens with zero attached hydrogens (tertiary/aromatic N) is 3. The number of nitro groups is 1. The Morgan fingerprint density at radius 2 is 2.00 bits per heavy atom. The van der Waals surface area contributed by atoms with E-state index in [2.05, 4.69) is 10.4 Å². The lowest BCUT2D eigenvalue weighted by atomic mass is 10.0. The monoisotopic (exact) mass is 368 g/mol. The lowest BCUT2D eigenvalue weighted by molar-refractivity contribution is -0.386. The molecular formula is C19H20N4O4. The van der Waals surface area contributed by atoms with Gasteiger partial charge in [-0.25, -0.2) is 0 Å². The Labute approximate surface area is 155 Å². The lowest BCUT2D eigenvalue weighted by Gasteiger charge is -2.13. The second kappa shape index (κ2) is 7.45. The molecule has 8 heteroatoms. The summed E-state index contributed by atoms with van der Waals surface area (Å²) in [6.07, 6.45) is 0. The number of fused-ring (bicyclic) bond motifs is 1. The van der Waals surface area contributed by atoms with Crippen LogP contribution in [0, 0.1) is 24.0 Å². The molecule has 0 radical (unpaired) electrons. The van der Waals surface area contributed by atoms with E-state index in [0.717, 1.165) is 16.3 Å². The number of amides is 1. The van der Waals surface area contributed by atoms with Gasteiger partial charge in [0.25, 0.3) is 0 Å². The van der Waals surface area contributed by atoms with Gasteiger partial charge in [0.1, 0.15) is 23.7 Å². The smallest absolute Gasteiger partial charge is 0.312 e. The average molecular weight is 368 g/mol. The van der Waals surface area contributed by atoms with Crippen molar-refractivity contribution in [3.63, 3.8) is 0 Å². The van der Waals surface area contributed by atoms with Crippen LogP contribution in [-0.4, -0.2) is 27.7 Å². The van der Waals surface area contributed by atoms with E-state index in [9.17, 15) is 14.9 Å². The minimum atomic E-state index is -0.479. The highest BCUT2D eigenvalue weighted by atomic mass is 16.6. The second-order valence-electron chi connectivity index (χ2n) is 6.18. The second-order valence-corrected chi connectivity index (χ2v) is 6.18. The first kappa shape index (κ1) is 18.4. The summed E-state index contributed by atoms with van der Waals surface area (Å²) in [6, 6.07) is 11.7. The van der Waals surface area contributed by atoms with Crippen molar-refractivity contribution in [3.05, 3.63) is 63.5 Å². The van der Waals surface area contributed by atoms with Gasteiger partial charge >= 0.3 is 5.69 Å². The summed E-state index contributed by atoms with van der Waals surface area (Å²) in [6.45, 7) is 3.33. The molecule has 0 aliphatic carbocycles. The van der Waals surface area contributed by atoms with Crippen molar-refractivity contribution < 1.29 is 14.5 Å². The number of carbonyl (C=O) groups excluding carboxylic acids is 1. The van der Waals surface area contributed by atoms with Crippen molar-refractivity contribution in [2.75, 3.05) is 7.11 Å². The molecule has 0 bridgehead atoms. The third kappa shape index (κ3) is 3.59. The van der Waals surface area contributed by atoms with Crippen LogP contribution >= 0.6 is 0 Å². The molecule has 0 fully saturated rings. The first-order valence-corrected chi connectivity index (χ1v) is 8.42. The Morgan fingerprint density at radius 3 is 2.67 bits per heavy atom. The summed E-state index contributed by atoms with van der Waals surface area (Å²) in [7, 11) is 1.59. The molecule has 140 valence electrons. The summed E-state index contributed by atoms with van der Waals surface area (Å²) in [5.74, 6) is 0.404. The Balaban J connectivity index is 1.78. The van der Waals surface area contributed by atoms with Gasteiger partial charge in [-0.2, -0.15) is 5.10 Å². The third-order valence-electron chi connectivity index (χ3n) is 4.50. The number of hydrogen-bond donors (Lipinski definition) is 1. The molecule has 1 N–H and O–H groups in total. The van der Waals surface area contributed by atoms with Gasteiger partial charge in [-0.3, -0.25) is 19.6 Å². The van der Waals surface area contributed by atoms with Crippen molar-refractivity contribution in [1.29, 1.82) is 0 Å². The number of aryl methyl sites for hydroxylation is 1. The fraction of sp³-hybridized carbons (Fsp3) is 0.263. The van der Waals surface area contributed by atoms with E-state index < -0.39 is 4.92 Å². The summed E-state index contributed by atoms with van der Waals surface area (Å²) < 4.78 is 6.78. The van der Waals surface area contributed by atoms with E-state index in [1.807, 2.05) is 36.4 Å². The first-order valence-electron chi connectivity index (χ1n) is 8.42. The largest absolute Gasteiger partial charge is 0.496 e. The van der Waals surface area contributed by atoms with E-state index in [1.54, 1.807) is 21.0 Å². The van der Waals surface area contributed by atoms with E-state index >= 15 is 0 Å². The first-order chi connectivity index (χ1) is 12.9. The van der Waals surface area contributed by atoms with Crippen LogP contribution in [0.3, 0.4) is 0 Å². The molecule has 0 saturated carbocycles. The normalized spacial score (nSPS) is 10.8. The van der Waals surface area contributed by atoms with E-state index in [1.165, 1.54) is 4.68 Å². The molecule has 1 aromatic heterocycles. The Morgan fingerprint density at radius 1 is 1.26 bits per heavy atom. The quantitative estimate of drug-likeness (QED) is 0.533. The van der Waals surface area contributed by atoms with E-state index in [4.69, 9.17) is 4.74 Å². The van der Waals surface area contributed by atoms with Crippen LogP contribution < -0.4 is 10.1 Å². The summed E-state index contributed by atoms with van der Waals surface area (Å²) in [5.41, 5.74) is 1.47. The number of aromatic nitrogens is 2. The standard InChI is InChI=1S/C19H20N4O4/c1-12-19(23(25)26)13(2)22(21-12)11-18(24)20-10-16-15-7-5-4-6-14(15)8-9-17(16)27-3/h4-9H,10-11H2,1-3H3,(H,20,24). The van der Waals surface area contributed by atoms with Crippen LogP contribution in [0.4, 0.5) is 5.69 Å². The molecule has 0 spiro atoms. The zero-order chi connectivity index (χ0) is 19.6. The van der Waals surface area contributed by atoms with E-state index in [-0.39, 0.29) is 24.7 Å². The van der Waals surface area contributed by atoms with E-state index in [0.29, 0.717) is 17.1 Å². The molecule has 2 aromatic carbocycles. The molecule has 27 heavy (non-hydrogen) atoms. The van der Waals surface area contributed by atoms with Crippen molar-refractivity contribution in [3.8, 4) is 5.75 Å². The molecular weight excluding hydrogens is 348 g/mol. The zero-order valence-corrected chi connectivity index (χ0v) is 15.4. The maximum absolute atomic E-state index is 12.4. The van der Waals surface area contributed by atoms with Gasteiger partial charge in [0, 0.05) is 12.1 Å². The Bertz CT molecular complexity index is 1030. The van der Waals surface area contributed by atoms with Gasteiger partial charge in [0.2, 0.25) is 5.91 Å². The van der Waals surface area contributed by atoms with Crippen LogP contribution in [-0.2, 0) is 17.9 Å². The lowest BCUT2D eigenvalue weighted by Crippen LogP contribution is -2.28. The predicted octanol–water partition coefficient (Wildman–Crippen LogP) is 2.89. The highest BCUT2D eigenvalue weighted by molar-refractivity contribution is 5.88. The number of carbonyl (C=O) groups is 1. The van der Waals surface area contributed by atoms with Gasteiger partial charge in [0.05, 0.1) is 12.0 Å². The topological polar surface area (TPSA) is 99.3 Å². The van der Waals surface area contributed by atoms with Crippen LogP contribution in [0.1, 0.15) is 17.0 Å². The molecule has 3 aromatic rings. The fourth-order valence-electron chi connectivity index (χ4n) is 3.17. The number of hydrogen-bond acceptors (Lipinski definition) is 5. The van der Waals surface area contributed by atoms with Crippen LogP contribution in [0.2, 0.25) is 0 Å². The summed E-state index contributed by atoms with van der Waals surface area (Å²) in [4.78, 5) is 23.0. The molecule has 0 saturated heterocycles. The molecule has 8 nitrogen and oxygen atoms in total. The number of ether oxygens (including phenoxy) is 1. The Hall–Kier alpha value is -3.42. The van der Waals surface area contributed by atoms with Crippen molar-refractivity contribution in [2.24, 2.45) is 0 Å². The maximum atomic E-state index is 12.4. The van der Waals surface area contributed by atoms with Crippen molar-refractivity contribution in [2.45, 2.75) is 26.9 Å². The van der Waals surface area contributed by atoms with Crippen molar-refractivity contribution >= 4 is 22.4 Å². The van der Waals surface area contributed by atoms with Gasteiger partial charge in [-0.15, -0.1) is 0 Å². The van der Waals surface area contributed by atoms with Crippen LogP contribution in [0.25, 0.3) is 10.8 Å². The van der Waals surface area contributed by atoms with Gasteiger partial charge < -0.3 is 10.1 Å². The Kier molecular flexibility index (Phi) is 5.07. The molecule has 0 unspecified atom stereocenters. The third-order valence-corrected chi connectivity index (χ3v) is 4.50. The summed E-state index contributed by atoms with van der Waals surface area (Å²) >= 11 is 0. The van der Waals surface area contributed by atoms with Gasteiger partial charge in [-0.1, -0.05) is 30.3 Å². The van der Waals surface area contributed by atoms with Gasteiger partial charge in [-0.05, 0) is 30.7 Å².